The number of para-hydroxylation sites is 1. The smallest absolute Gasteiger partial charge is 0.246 e. The van der Waals surface area contributed by atoms with Crippen LogP contribution in [0.1, 0.15) is 12.6 Å². The van der Waals surface area contributed by atoms with E-state index in [-0.39, 0.29) is 11.8 Å². The monoisotopic (exact) mass is 433 g/mol. The molecule has 2 aromatic heterocycles. The van der Waals surface area contributed by atoms with Gasteiger partial charge in [-0.25, -0.2) is 9.97 Å². The topological polar surface area (TPSA) is 69.6 Å². The number of hydrogen-bond donors (Lipinski definition) is 0. The zero-order chi connectivity index (χ0) is 21.6. The normalized spacial score (nSPS) is 14.1. The second-order valence-electron chi connectivity index (χ2n) is 7.08. The van der Waals surface area contributed by atoms with Gasteiger partial charge in [-0.3, -0.25) is 14.5 Å². The fraction of sp³-hybridized carbons (Fsp3) is 0.217. The molecule has 3 aromatic rings. The van der Waals surface area contributed by atoms with Gasteiger partial charge in [-0.05, 0) is 30.3 Å². The molecule has 4 rings (SSSR count). The van der Waals surface area contributed by atoms with E-state index in [9.17, 15) is 9.59 Å². The summed E-state index contributed by atoms with van der Waals surface area (Å²) in [6.07, 6.45) is 5.04. The lowest BCUT2D eigenvalue weighted by atomic mass is 10.3. The zero-order valence-corrected chi connectivity index (χ0v) is 18.0. The van der Waals surface area contributed by atoms with Gasteiger partial charge in [0.1, 0.15) is 5.82 Å². The van der Waals surface area contributed by atoms with Gasteiger partial charge in [0.2, 0.25) is 11.8 Å². The molecule has 0 spiro atoms. The summed E-state index contributed by atoms with van der Waals surface area (Å²) in [4.78, 5) is 39.2. The van der Waals surface area contributed by atoms with Crippen molar-refractivity contribution >= 4 is 45.9 Å². The summed E-state index contributed by atoms with van der Waals surface area (Å²) in [7, 11) is 0. The number of hydrogen-bond acceptors (Lipinski definition) is 6. The second kappa shape index (κ2) is 9.53. The lowest BCUT2D eigenvalue weighted by Gasteiger charge is -2.34. The van der Waals surface area contributed by atoms with Gasteiger partial charge < -0.3 is 9.80 Å². The number of benzene rings is 1. The molecule has 31 heavy (non-hydrogen) atoms. The Bertz CT molecular complexity index is 1060. The summed E-state index contributed by atoms with van der Waals surface area (Å²) < 4.78 is 0. The molecule has 1 saturated heterocycles. The largest absolute Gasteiger partial charge is 0.353 e. The average Bonchev–Trinajstić information content (AvgIpc) is 3.27. The molecule has 0 saturated carbocycles. The molecule has 0 atom stereocenters. The number of nitrogens with zero attached hydrogens (tertiary/aromatic N) is 5. The first-order valence-electron chi connectivity index (χ1n) is 10.1. The molecule has 0 bridgehead atoms. The number of pyridine rings is 1. The molecule has 7 nitrogen and oxygen atoms in total. The highest BCUT2D eigenvalue weighted by Gasteiger charge is 2.21. The average molecular weight is 434 g/mol. The minimum Gasteiger partial charge on any atom is -0.353 e. The van der Waals surface area contributed by atoms with Crippen LogP contribution in [0.2, 0.25) is 0 Å². The van der Waals surface area contributed by atoms with Crippen LogP contribution in [0.3, 0.4) is 0 Å². The van der Waals surface area contributed by atoms with Crippen molar-refractivity contribution in [1.29, 1.82) is 0 Å². The van der Waals surface area contributed by atoms with Crippen LogP contribution >= 0.6 is 11.3 Å². The van der Waals surface area contributed by atoms with E-state index < -0.39 is 0 Å². The van der Waals surface area contributed by atoms with E-state index in [0.29, 0.717) is 23.9 Å². The van der Waals surface area contributed by atoms with Gasteiger partial charge in [0.05, 0.1) is 11.4 Å². The van der Waals surface area contributed by atoms with Crippen LogP contribution in [0.5, 0.6) is 0 Å². The number of thiazole rings is 1. The molecule has 0 radical (unpaired) electrons. The van der Waals surface area contributed by atoms with Crippen molar-refractivity contribution in [2.24, 2.45) is 0 Å². The SMILES string of the molecule is CC(=O)N(c1ccccc1)c1nc(C=CC(=O)N2CCN(c3ccccn3)CC2)cs1. The molecule has 0 N–H and O–H groups in total. The van der Waals surface area contributed by atoms with E-state index in [0.717, 1.165) is 24.6 Å². The number of anilines is 3. The first-order valence-corrected chi connectivity index (χ1v) is 10.9. The van der Waals surface area contributed by atoms with E-state index in [1.54, 1.807) is 23.2 Å². The van der Waals surface area contributed by atoms with Gasteiger partial charge in [-0.1, -0.05) is 24.3 Å². The Morgan fingerprint density at radius 1 is 1.03 bits per heavy atom. The standard InChI is InChI=1S/C23H23N5O2S/c1-18(29)28(20-7-3-2-4-8-20)23-25-19(17-31-23)10-11-22(30)27-15-13-26(14-16-27)21-9-5-6-12-24-21/h2-12,17H,13-16H2,1H3. The summed E-state index contributed by atoms with van der Waals surface area (Å²) in [6.45, 7) is 4.31. The molecule has 0 unspecified atom stereocenters. The van der Waals surface area contributed by atoms with Gasteiger partial charge >= 0.3 is 0 Å². The molecule has 1 aliphatic rings. The van der Waals surface area contributed by atoms with Gasteiger partial charge in [0.25, 0.3) is 0 Å². The maximum absolute atomic E-state index is 12.6. The highest BCUT2D eigenvalue weighted by molar-refractivity contribution is 7.14. The van der Waals surface area contributed by atoms with E-state index in [1.165, 1.54) is 18.3 Å². The van der Waals surface area contributed by atoms with E-state index in [2.05, 4.69) is 14.9 Å². The third kappa shape index (κ3) is 4.97. The number of piperazine rings is 1. The molecule has 1 aromatic carbocycles. The molecule has 0 aliphatic carbocycles. The van der Waals surface area contributed by atoms with Gasteiger partial charge in [0, 0.05) is 50.8 Å². The Labute approximate surface area is 185 Å². The van der Waals surface area contributed by atoms with Crippen molar-refractivity contribution in [3.63, 3.8) is 0 Å². The van der Waals surface area contributed by atoms with Crippen LogP contribution in [0, 0.1) is 0 Å². The minimum atomic E-state index is -0.113. The van der Waals surface area contributed by atoms with Crippen LogP contribution in [-0.2, 0) is 9.59 Å². The maximum Gasteiger partial charge on any atom is 0.246 e. The van der Waals surface area contributed by atoms with Crippen LogP contribution in [0.4, 0.5) is 16.6 Å². The number of amides is 2. The summed E-state index contributed by atoms with van der Waals surface area (Å²) in [5, 5.41) is 2.42. The highest BCUT2D eigenvalue weighted by Crippen LogP contribution is 2.29. The first-order chi connectivity index (χ1) is 15.1. The fourth-order valence-electron chi connectivity index (χ4n) is 3.42. The summed E-state index contributed by atoms with van der Waals surface area (Å²) in [5.41, 5.74) is 1.42. The Morgan fingerprint density at radius 2 is 1.77 bits per heavy atom. The fourth-order valence-corrected chi connectivity index (χ4v) is 4.27. The molecule has 1 fully saturated rings. The second-order valence-corrected chi connectivity index (χ2v) is 7.92. The van der Waals surface area contributed by atoms with E-state index in [1.807, 2.05) is 58.8 Å². The van der Waals surface area contributed by atoms with Crippen LogP contribution in [0.15, 0.2) is 66.2 Å². The third-order valence-electron chi connectivity index (χ3n) is 4.99. The summed E-state index contributed by atoms with van der Waals surface area (Å²) >= 11 is 1.37. The maximum atomic E-state index is 12.6. The molecule has 8 heteroatoms. The quantitative estimate of drug-likeness (QED) is 0.575. The van der Waals surface area contributed by atoms with Crippen molar-refractivity contribution < 1.29 is 9.59 Å². The summed E-state index contributed by atoms with van der Waals surface area (Å²) in [6, 6.07) is 15.2. The lowest BCUT2D eigenvalue weighted by molar-refractivity contribution is -0.126. The van der Waals surface area contributed by atoms with E-state index >= 15 is 0 Å². The number of rotatable bonds is 5. The molecular weight excluding hydrogens is 410 g/mol. The molecular formula is C23H23N5O2S. The highest BCUT2D eigenvalue weighted by atomic mass is 32.1. The zero-order valence-electron chi connectivity index (χ0n) is 17.2. The minimum absolute atomic E-state index is 0.0401. The summed E-state index contributed by atoms with van der Waals surface area (Å²) in [5.74, 6) is 0.785. The van der Waals surface area contributed by atoms with Crippen molar-refractivity contribution in [3.8, 4) is 0 Å². The van der Waals surface area contributed by atoms with Crippen molar-refractivity contribution in [2.75, 3.05) is 36.0 Å². The lowest BCUT2D eigenvalue weighted by Crippen LogP contribution is -2.48. The van der Waals surface area contributed by atoms with Crippen LogP contribution in [-0.4, -0.2) is 52.9 Å². The number of carbonyl (C=O) groups excluding carboxylic acids is 2. The molecule has 1 aliphatic heterocycles. The van der Waals surface area contributed by atoms with Gasteiger partial charge in [-0.15, -0.1) is 11.3 Å². The van der Waals surface area contributed by atoms with Crippen LogP contribution < -0.4 is 9.80 Å². The first kappa shape index (κ1) is 20.7. The number of aromatic nitrogens is 2. The molecule has 158 valence electrons. The Hall–Kier alpha value is -3.52. The predicted octanol–water partition coefficient (Wildman–Crippen LogP) is 3.58. The Balaban J connectivity index is 1.38. The predicted molar refractivity (Wildman–Crippen MR) is 123 cm³/mol. The van der Waals surface area contributed by atoms with E-state index in [4.69, 9.17) is 0 Å². The van der Waals surface area contributed by atoms with Crippen LogP contribution in [0.25, 0.3) is 6.08 Å². The third-order valence-corrected chi connectivity index (χ3v) is 5.84. The molecule has 2 amide bonds. The van der Waals surface area contributed by atoms with Gasteiger partial charge in [0.15, 0.2) is 5.13 Å². The van der Waals surface area contributed by atoms with Crippen molar-refractivity contribution in [2.45, 2.75) is 6.92 Å². The Morgan fingerprint density at radius 3 is 2.45 bits per heavy atom. The van der Waals surface area contributed by atoms with Crippen molar-refractivity contribution in [3.05, 3.63) is 71.9 Å². The van der Waals surface area contributed by atoms with Crippen molar-refractivity contribution in [1.82, 2.24) is 14.9 Å². The number of carbonyl (C=O) groups is 2. The molecule has 3 heterocycles. The Kier molecular flexibility index (Phi) is 6.37. The van der Waals surface area contributed by atoms with Gasteiger partial charge in [-0.2, -0.15) is 0 Å².